The number of thiophene rings is 1. The van der Waals surface area contributed by atoms with Crippen molar-refractivity contribution in [1.29, 1.82) is 0 Å². The summed E-state index contributed by atoms with van der Waals surface area (Å²) >= 11 is 1.50. The minimum atomic E-state index is -0.762. The molecule has 0 saturated carbocycles. The van der Waals surface area contributed by atoms with E-state index in [1.807, 2.05) is 12.1 Å². The van der Waals surface area contributed by atoms with E-state index in [0.717, 1.165) is 9.75 Å². The molecular formula is C15H17F2NS. The van der Waals surface area contributed by atoms with Crippen LogP contribution in [0.5, 0.6) is 0 Å². The lowest BCUT2D eigenvalue weighted by molar-refractivity contribution is 0.545. The number of rotatable bonds is 2. The Hall–Kier alpha value is -1.26. The molecule has 1 atom stereocenters. The third kappa shape index (κ3) is 2.85. The van der Waals surface area contributed by atoms with Crippen molar-refractivity contribution in [3.63, 3.8) is 0 Å². The van der Waals surface area contributed by atoms with Gasteiger partial charge in [-0.25, -0.2) is 8.78 Å². The summed E-state index contributed by atoms with van der Waals surface area (Å²) in [5, 5.41) is 0. The van der Waals surface area contributed by atoms with Crippen LogP contribution >= 0.6 is 11.3 Å². The smallest absolute Gasteiger partial charge is 0.131 e. The quantitative estimate of drug-likeness (QED) is 0.869. The lowest BCUT2D eigenvalue weighted by Crippen LogP contribution is -2.14. The lowest BCUT2D eigenvalue weighted by Gasteiger charge is -2.16. The SMILES string of the molecule is CC(C)(C)c1ccc(C(N)c2c(F)cccc2F)s1. The van der Waals surface area contributed by atoms with Crippen LogP contribution in [0.4, 0.5) is 8.78 Å². The summed E-state index contributed by atoms with van der Waals surface area (Å²) in [4.78, 5) is 1.92. The Morgan fingerprint density at radius 3 is 2.11 bits per heavy atom. The first kappa shape index (κ1) is 14.2. The van der Waals surface area contributed by atoms with E-state index in [-0.39, 0.29) is 11.0 Å². The van der Waals surface area contributed by atoms with Crippen LogP contribution in [0, 0.1) is 11.6 Å². The zero-order valence-electron chi connectivity index (χ0n) is 11.2. The molecule has 1 nitrogen and oxygen atoms in total. The standard InChI is InChI=1S/C15H17F2NS/c1-15(2,3)12-8-7-11(19-12)14(18)13-9(16)5-4-6-10(13)17/h4-8,14H,18H2,1-3H3. The molecule has 102 valence electrons. The summed E-state index contributed by atoms with van der Waals surface area (Å²) < 4.78 is 27.4. The second-order valence-corrected chi connectivity index (χ2v) is 6.68. The van der Waals surface area contributed by atoms with Gasteiger partial charge in [0.15, 0.2) is 0 Å². The average Bonchev–Trinajstić information content (AvgIpc) is 2.77. The summed E-state index contributed by atoms with van der Waals surface area (Å²) in [5.41, 5.74) is 5.95. The summed E-state index contributed by atoms with van der Waals surface area (Å²) in [6, 6.07) is 6.87. The van der Waals surface area contributed by atoms with E-state index >= 15 is 0 Å². The Balaban J connectivity index is 2.40. The van der Waals surface area contributed by atoms with Crippen LogP contribution in [0.25, 0.3) is 0 Å². The van der Waals surface area contributed by atoms with Crippen molar-refractivity contribution in [3.8, 4) is 0 Å². The fourth-order valence-electron chi connectivity index (χ4n) is 1.87. The lowest BCUT2D eigenvalue weighted by atomic mass is 9.95. The fourth-order valence-corrected chi connectivity index (χ4v) is 2.95. The number of hydrogen-bond acceptors (Lipinski definition) is 2. The van der Waals surface area contributed by atoms with Crippen LogP contribution in [0.15, 0.2) is 30.3 Å². The molecule has 0 aliphatic carbocycles. The molecule has 0 spiro atoms. The monoisotopic (exact) mass is 281 g/mol. The maximum atomic E-state index is 13.7. The maximum Gasteiger partial charge on any atom is 0.131 e. The Labute approximate surface area is 116 Å². The van der Waals surface area contributed by atoms with Gasteiger partial charge in [0.25, 0.3) is 0 Å². The highest BCUT2D eigenvalue weighted by Gasteiger charge is 2.22. The van der Waals surface area contributed by atoms with Crippen molar-refractivity contribution < 1.29 is 8.78 Å². The first-order valence-electron chi connectivity index (χ1n) is 6.10. The molecule has 19 heavy (non-hydrogen) atoms. The number of halogens is 2. The van der Waals surface area contributed by atoms with Gasteiger partial charge in [0.1, 0.15) is 11.6 Å². The predicted molar refractivity (Wildman–Crippen MR) is 75.4 cm³/mol. The Bertz CT molecular complexity index is 564. The molecule has 2 rings (SSSR count). The maximum absolute atomic E-state index is 13.7. The highest BCUT2D eigenvalue weighted by molar-refractivity contribution is 7.12. The molecule has 0 saturated heterocycles. The van der Waals surface area contributed by atoms with Crippen LogP contribution < -0.4 is 5.73 Å². The predicted octanol–water partition coefficient (Wildman–Crippen LogP) is 4.37. The average molecular weight is 281 g/mol. The summed E-state index contributed by atoms with van der Waals surface area (Å²) in [5.74, 6) is -1.20. The molecule has 1 aromatic heterocycles. The number of benzene rings is 1. The van der Waals surface area contributed by atoms with Gasteiger partial charge in [-0.1, -0.05) is 26.8 Å². The zero-order chi connectivity index (χ0) is 14.2. The van der Waals surface area contributed by atoms with Crippen LogP contribution in [0.3, 0.4) is 0 Å². The van der Waals surface area contributed by atoms with E-state index in [1.54, 1.807) is 0 Å². The van der Waals surface area contributed by atoms with Gasteiger partial charge >= 0.3 is 0 Å². The Morgan fingerprint density at radius 1 is 1.05 bits per heavy atom. The minimum Gasteiger partial charge on any atom is -0.319 e. The summed E-state index contributed by atoms with van der Waals surface area (Å²) in [7, 11) is 0. The van der Waals surface area contributed by atoms with Crippen molar-refractivity contribution in [1.82, 2.24) is 0 Å². The van der Waals surface area contributed by atoms with Gasteiger partial charge in [0.2, 0.25) is 0 Å². The first-order valence-corrected chi connectivity index (χ1v) is 6.92. The largest absolute Gasteiger partial charge is 0.319 e. The van der Waals surface area contributed by atoms with Crippen LogP contribution in [-0.4, -0.2) is 0 Å². The molecule has 1 heterocycles. The van der Waals surface area contributed by atoms with Crippen LogP contribution in [-0.2, 0) is 5.41 Å². The van der Waals surface area contributed by atoms with Crippen molar-refractivity contribution in [2.24, 2.45) is 5.73 Å². The Morgan fingerprint density at radius 2 is 1.63 bits per heavy atom. The molecule has 0 aliphatic rings. The van der Waals surface area contributed by atoms with E-state index < -0.39 is 17.7 Å². The zero-order valence-corrected chi connectivity index (χ0v) is 12.0. The van der Waals surface area contributed by atoms with Gasteiger partial charge in [0.05, 0.1) is 6.04 Å². The van der Waals surface area contributed by atoms with E-state index in [1.165, 1.54) is 29.5 Å². The second-order valence-electron chi connectivity index (χ2n) is 5.57. The van der Waals surface area contributed by atoms with E-state index in [4.69, 9.17) is 5.73 Å². The van der Waals surface area contributed by atoms with Gasteiger partial charge in [-0.15, -0.1) is 11.3 Å². The third-order valence-electron chi connectivity index (χ3n) is 2.98. The van der Waals surface area contributed by atoms with E-state index in [9.17, 15) is 8.78 Å². The van der Waals surface area contributed by atoms with Crippen molar-refractivity contribution in [2.45, 2.75) is 32.2 Å². The highest BCUT2D eigenvalue weighted by atomic mass is 32.1. The molecule has 0 amide bonds. The molecule has 2 N–H and O–H groups in total. The van der Waals surface area contributed by atoms with Gasteiger partial charge in [0, 0.05) is 15.3 Å². The molecule has 1 aromatic carbocycles. The molecule has 1 unspecified atom stereocenters. The second kappa shape index (κ2) is 5.02. The Kier molecular flexibility index (Phi) is 3.74. The molecular weight excluding hydrogens is 264 g/mol. The summed E-state index contributed by atoms with van der Waals surface area (Å²) in [6.45, 7) is 6.29. The number of hydrogen-bond donors (Lipinski definition) is 1. The van der Waals surface area contributed by atoms with Crippen molar-refractivity contribution in [2.75, 3.05) is 0 Å². The molecule has 2 aromatic rings. The van der Waals surface area contributed by atoms with Crippen LogP contribution in [0.2, 0.25) is 0 Å². The van der Waals surface area contributed by atoms with Gasteiger partial charge in [-0.2, -0.15) is 0 Å². The number of nitrogens with two attached hydrogens (primary N) is 1. The first-order chi connectivity index (χ1) is 8.80. The molecule has 0 radical (unpaired) electrons. The topological polar surface area (TPSA) is 26.0 Å². The van der Waals surface area contributed by atoms with Gasteiger partial charge < -0.3 is 5.73 Å². The molecule has 0 bridgehead atoms. The highest BCUT2D eigenvalue weighted by Crippen LogP contribution is 2.34. The van der Waals surface area contributed by atoms with Crippen LogP contribution in [0.1, 0.15) is 42.1 Å². The van der Waals surface area contributed by atoms with Gasteiger partial charge in [-0.05, 0) is 29.7 Å². The molecule has 0 fully saturated rings. The fraction of sp³-hybridized carbons (Fsp3) is 0.333. The molecule has 0 aliphatic heterocycles. The molecule has 4 heteroatoms. The van der Waals surface area contributed by atoms with Crippen molar-refractivity contribution >= 4 is 11.3 Å². The third-order valence-corrected chi connectivity index (χ3v) is 4.58. The van der Waals surface area contributed by atoms with Gasteiger partial charge in [-0.3, -0.25) is 0 Å². The summed E-state index contributed by atoms with van der Waals surface area (Å²) in [6.07, 6.45) is 0. The van der Waals surface area contributed by atoms with E-state index in [0.29, 0.717) is 0 Å². The van der Waals surface area contributed by atoms with E-state index in [2.05, 4.69) is 20.8 Å². The normalized spacial score (nSPS) is 13.6. The minimum absolute atomic E-state index is 0.0103. The van der Waals surface area contributed by atoms with Crippen molar-refractivity contribution in [3.05, 3.63) is 57.3 Å².